The van der Waals surface area contributed by atoms with Crippen LogP contribution in [0.5, 0.6) is 5.75 Å². The van der Waals surface area contributed by atoms with Crippen molar-refractivity contribution in [2.45, 2.75) is 45.1 Å². The fourth-order valence-corrected chi connectivity index (χ4v) is 4.91. The van der Waals surface area contributed by atoms with E-state index in [-0.39, 0.29) is 28.4 Å². The van der Waals surface area contributed by atoms with Crippen molar-refractivity contribution in [2.24, 2.45) is 0 Å². The summed E-state index contributed by atoms with van der Waals surface area (Å²) in [7, 11) is -4.24. The van der Waals surface area contributed by atoms with Gasteiger partial charge in [-0.3, -0.25) is 19.3 Å². The van der Waals surface area contributed by atoms with Gasteiger partial charge in [0.05, 0.1) is 22.8 Å². The molecule has 2 aromatic heterocycles. The van der Waals surface area contributed by atoms with Gasteiger partial charge in [0.2, 0.25) is 0 Å². The van der Waals surface area contributed by atoms with Crippen LogP contribution >= 0.6 is 0 Å². The zero-order valence-electron chi connectivity index (χ0n) is 20.2. The van der Waals surface area contributed by atoms with E-state index in [9.17, 15) is 18.0 Å². The number of hydrogen-bond donors (Lipinski definition) is 2. The second kappa shape index (κ2) is 10.3. The molecule has 0 aliphatic rings. The van der Waals surface area contributed by atoms with Crippen LogP contribution in [0.1, 0.15) is 43.2 Å². The van der Waals surface area contributed by atoms with Gasteiger partial charge in [0, 0.05) is 12.1 Å². The summed E-state index contributed by atoms with van der Waals surface area (Å²) in [5, 5.41) is 7.04. The van der Waals surface area contributed by atoms with E-state index >= 15 is 0 Å². The molecule has 0 radical (unpaired) electrons. The topological polar surface area (TPSA) is 136 Å². The summed E-state index contributed by atoms with van der Waals surface area (Å²) in [5.41, 5.74) is 1.60. The molecule has 2 aromatic carbocycles. The standard InChI is InChI=1S/C25H27N5O5S/c1-4-10-19-21-22(28-27-19)25(32)30(5-2)23(26-21)18-15-17(13-14-20(18)35-6-3)36(33,34)29-24(31)16-11-8-7-9-12-16/h7-9,11-15H,4-6,10H2,1-3H3,(H,27,28)(H,29,31). The molecule has 0 spiro atoms. The summed E-state index contributed by atoms with van der Waals surface area (Å²) < 4.78 is 35.5. The molecule has 188 valence electrons. The fourth-order valence-electron chi connectivity index (χ4n) is 3.91. The highest BCUT2D eigenvalue weighted by molar-refractivity contribution is 7.90. The Bertz CT molecular complexity index is 1580. The van der Waals surface area contributed by atoms with Crippen molar-refractivity contribution < 1.29 is 17.9 Å². The van der Waals surface area contributed by atoms with E-state index in [1.54, 1.807) is 32.0 Å². The molecule has 10 nitrogen and oxygen atoms in total. The maximum absolute atomic E-state index is 13.3. The maximum Gasteiger partial charge on any atom is 0.279 e. The molecule has 0 bridgehead atoms. The van der Waals surface area contributed by atoms with Crippen molar-refractivity contribution in [1.82, 2.24) is 24.5 Å². The third-order valence-electron chi connectivity index (χ3n) is 5.61. The molecule has 2 N–H and O–H groups in total. The van der Waals surface area contributed by atoms with Gasteiger partial charge in [-0.05, 0) is 50.6 Å². The van der Waals surface area contributed by atoms with E-state index in [0.717, 1.165) is 6.42 Å². The summed E-state index contributed by atoms with van der Waals surface area (Å²) in [5.74, 6) is -0.137. The third kappa shape index (κ3) is 4.74. The number of aryl methyl sites for hydroxylation is 1. The molecular formula is C25H27N5O5S. The monoisotopic (exact) mass is 509 g/mol. The van der Waals surface area contributed by atoms with Gasteiger partial charge in [-0.1, -0.05) is 31.5 Å². The first-order valence-electron chi connectivity index (χ1n) is 11.7. The Labute approximate surface area is 208 Å². The van der Waals surface area contributed by atoms with Gasteiger partial charge in [-0.2, -0.15) is 5.10 Å². The van der Waals surface area contributed by atoms with Gasteiger partial charge >= 0.3 is 0 Å². The molecule has 0 saturated carbocycles. The first-order chi connectivity index (χ1) is 17.3. The van der Waals surface area contributed by atoms with E-state index in [1.165, 1.54) is 34.9 Å². The zero-order chi connectivity index (χ0) is 25.9. The Hall–Kier alpha value is -3.99. The van der Waals surface area contributed by atoms with Crippen LogP contribution in [0.4, 0.5) is 0 Å². The number of H-pyrrole nitrogens is 1. The molecular weight excluding hydrogens is 482 g/mol. The summed E-state index contributed by atoms with van der Waals surface area (Å²) in [4.78, 5) is 30.4. The SMILES string of the molecule is CCCc1n[nH]c2c(=O)n(CC)c(-c3cc(S(=O)(=O)NC(=O)c4ccccc4)ccc3OCC)nc12. The fraction of sp³-hybridized carbons (Fsp3) is 0.280. The van der Waals surface area contributed by atoms with Crippen molar-refractivity contribution >= 4 is 27.0 Å². The molecule has 0 unspecified atom stereocenters. The molecule has 0 atom stereocenters. The maximum atomic E-state index is 13.3. The van der Waals surface area contributed by atoms with Crippen molar-refractivity contribution in [3.05, 3.63) is 70.1 Å². The molecule has 0 aliphatic carbocycles. The number of rotatable bonds is 9. The summed E-state index contributed by atoms with van der Waals surface area (Å²) in [6.07, 6.45) is 1.44. The van der Waals surface area contributed by atoms with Crippen LogP contribution in [0.3, 0.4) is 0 Å². The molecule has 36 heavy (non-hydrogen) atoms. The van der Waals surface area contributed by atoms with E-state index in [4.69, 9.17) is 9.72 Å². The van der Waals surface area contributed by atoms with E-state index in [1.807, 2.05) is 6.92 Å². The number of amides is 1. The van der Waals surface area contributed by atoms with Gasteiger partial charge in [-0.25, -0.2) is 18.1 Å². The van der Waals surface area contributed by atoms with Gasteiger partial charge in [-0.15, -0.1) is 0 Å². The molecule has 11 heteroatoms. The molecule has 0 fully saturated rings. The third-order valence-corrected chi connectivity index (χ3v) is 6.94. The first kappa shape index (κ1) is 25.1. The average molecular weight is 510 g/mol. The number of carbonyl (C=O) groups excluding carboxylic acids is 1. The number of carbonyl (C=O) groups is 1. The van der Waals surface area contributed by atoms with Crippen molar-refractivity contribution in [3.63, 3.8) is 0 Å². The van der Waals surface area contributed by atoms with Crippen LogP contribution < -0.4 is 15.0 Å². The minimum atomic E-state index is -4.24. The summed E-state index contributed by atoms with van der Waals surface area (Å²) >= 11 is 0. The Kier molecular flexibility index (Phi) is 7.20. The number of ether oxygens (including phenoxy) is 1. The highest BCUT2D eigenvalue weighted by Gasteiger charge is 2.24. The first-order valence-corrected chi connectivity index (χ1v) is 13.2. The van der Waals surface area contributed by atoms with Crippen LogP contribution in [-0.4, -0.2) is 40.7 Å². The normalized spacial score (nSPS) is 11.5. The second-order valence-corrected chi connectivity index (χ2v) is 9.70. The number of hydrogen-bond acceptors (Lipinski definition) is 7. The minimum Gasteiger partial charge on any atom is -0.493 e. The minimum absolute atomic E-state index is 0.164. The molecule has 4 aromatic rings. The van der Waals surface area contributed by atoms with Crippen LogP contribution in [0.25, 0.3) is 22.4 Å². The number of sulfonamides is 1. The Balaban J connectivity index is 1.87. The molecule has 0 saturated heterocycles. The van der Waals surface area contributed by atoms with Gasteiger partial charge in [0.25, 0.3) is 21.5 Å². The zero-order valence-corrected chi connectivity index (χ0v) is 21.1. The lowest BCUT2D eigenvalue weighted by Crippen LogP contribution is -2.30. The second-order valence-electron chi connectivity index (χ2n) is 8.02. The predicted octanol–water partition coefficient (Wildman–Crippen LogP) is 3.28. The van der Waals surface area contributed by atoms with Gasteiger partial charge in [0.1, 0.15) is 22.6 Å². The van der Waals surface area contributed by atoms with E-state index in [0.29, 0.717) is 41.1 Å². The lowest BCUT2D eigenvalue weighted by Gasteiger charge is -2.16. The van der Waals surface area contributed by atoms with E-state index < -0.39 is 15.9 Å². The van der Waals surface area contributed by atoms with E-state index in [2.05, 4.69) is 14.9 Å². The Morgan fingerprint density at radius 1 is 1.11 bits per heavy atom. The number of nitrogens with one attached hydrogen (secondary N) is 2. The average Bonchev–Trinajstić information content (AvgIpc) is 3.28. The number of aromatic nitrogens is 4. The molecule has 4 rings (SSSR count). The van der Waals surface area contributed by atoms with Crippen LogP contribution in [0.2, 0.25) is 0 Å². The van der Waals surface area contributed by atoms with Gasteiger partial charge in [0.15, 0.2) is 0 Å². The smallest absolute Gasteiger partial charge is 0.279 e. The van der Waals surface area contributed by atoms with Crippen molar-refractivity contribution in [1.29, 1.82) is 0 Å². The lowest BCUT2D eigenvalue weighted by atomic mass is 10.1. The Morgan fingerprint density at radius 2 is 1.86 bits per heavy atom. The highest BCUT2D eigenvalue weighted by atomic mass is 32.2. The number of aromatic amines is 1. The van der Waals surface area contributed by atoms with Crippen LogP contribution in [-0.2, 0) is 23.0 Å². The largest absolute Gasteiger partial charge is 0.493 e. The molecule has 2 heterocycles. The predicted molar refractivity (Wildman–Crippen MR) is 136 cm³/mol. The lowest BCUT2D eigenvalue weighted by molar-refractivity contribution is 0.0981. The van der Waals surface area contributed by atoms with Gasteiger partial charge < -0.3 is 4.74 Å². The number of nitrogens with zero attached hydrogens (tertiary/aromatic N) is 3. The van der Waals surface area contributed by atoms with Crippen molar-refractivity contribution in [3.8, 4) is 17.1 Å². The molecule has 0 aliphatic heterocycles. The Morgan fingerprint density at radius 3 is 2.53 bits per heavy atom. The summed E-state index contributed by atoms with van der Waals surface area (Å²) in [6, 6.07) is 12.3. The van der Waals surface area contributed by atoms with Crippen LogP contribution in [0.15, 0.2) is 58.2 Å². The quantitative estimate of drug-likeness (QED) is 0.353. The number of benzene rings is 2. The number of fused-ring (bicyclic) bond motifs is 1. The van der Waals surface area contributed by atoms with Crippen LogP contribution in [0, 0.1) is 0 Å². The van der Waals surface area contributed by atoms with Crippen molar-refractivity contribution in [2.75, 3.05) is 6.61 Å². The highest BCUT2D eigenvalue weighted by Crippen LogP contribution is 2.32. The molecule has 1 amide bonds. The summed E-state index contributed by atoms with van der Waals surface area (Å²) in [6.45, 7) is 6.19.